The highest BCUT2D eigenvalue weighted by Crippen LogP contribution is 2.19. The Morgan fingerprint density at radius 2 is 2.00 bits per heavy atom. The molecule has 0 fully saturated rings. The molecule has 1 atom stereocenters. The number of nitrogens with one attached hydrogen (secondary N) is 1. The molecule has 0 bridgehead atoms. The van der Waals surface area contributed by atoms with Crippen LogP contribution in [0.15, 0.2) is 15.5 Å². The van der Waals surface area contributed by atoms with Gasteiger partial charge in [0.15, 0.2) is 0 Å². The number of hydrogen-bond acceptors (Lipinski definition) is 3. The molecule has 1 aromatic heterocycles. The van der Waals surface area contributed by atoms with E-state index in [-0.39, 0.29) is 11.6 Å². The van der Waals surface area contributed by atoms with Crippen LogP contribution >= 0.6 is 15.9 Å². The molecule has 0 aliphatic rings. The van der Waals surface area contributed by atoms with E-state index in [0.29, 0.717) is 10.5 Å². The lowest BCUT2D eigenvalue weighted by atomic mass is 10.1. The van der Waals surface area contributed by atoms with E-state index in [9.17, 15) is 4.79 Å². The highest BCUT2D eigenvalue weighted by atomic mass is 79.9. The van der Waals surface area contributed by atoms with Crippen LogP contribution in [0.1, 0.15) is 65.8 Å². The number of rotatable bonds is 8. The van der Waals surface area contributed by atoms with E-state index in [2.05, 4.69) is 40.2 Å². The number of hydrogen-bond donors (Lipinski definition) is 1. The lowest BCUT2D eigenvalue weighted by Crippen LogP contribution is -2.27. The van der Waals surface area contributed by atoms with Crippen molar-refractivity contribution < 1.29 is 0 Å². The highest BCUT2D eigenvalue weighted by Gasteiger charge is 2.12. The van der Waals surface area contributed by atoms with Crippen LogP contribution in [0.25, 0.3) is 0 Å². The Kier molecular flexibility index (Phi) is 7.27. The van der Waals surface area contributed by atoms with Crippen molar-refractivity contribution in [3.8, 4) is 0 Å². The summed E-state index contributed by atoms with van der Waals surface area (Å²) < 4.78 is 2.06. The average molecular weight is 344 g/mol. The summed E-state index contributed by atoms with van der Waals surface area (Å²) in [6, 6.07) is 0.415. The fourth-order valence-corrected chi connectivity index (χ4v) is 2.53. The molecule has 0 saturated carbocycles. The van der Waals surface area contributed by atoms with Crippen molar-refractivity contribution in [2.75, 3.05) is 5.32 Å². The second-order valence-corrected chi connectivity index (χ2v) is 6.40. The van der Waals surface area contributed by atoms with Crippen molar-refractivity contribution >= 4 is 21.6 Å². The van der Waals surface area contributed by atoms with Crippen LogP contribution in [0.2, 0.25) is 0 Å². The van der Waals surface area contributed by atoms with Gasteiger partial charge in [-0.25, -0.2) is 4.68 Å². The van der Waals surface area contributed by atoms with E-state index in [1.165, 1.54) is 30.4 Å². The first-order chi connectivity index (χ1) is 9.47. The quantitative estimate of drug-likeness (QED) is 0.713. The Morgan fingerprint density at radius 1 is 1.30 bits per heavy atom. The molecule has 4 nitrogen and oxygen atoms in total. The van der Waals surface area contributed by atoms with E-state index < -0.39 is 0 Å². The summed E-state index contributed by atoms with van der Waals surface area (Å²) >= 11 is 3.39. The molecule has 20 heavy (non-hydrogen) atoms. The summed E-state index contributed by atoms with van der Waals surface area (Å²) in [7, 11) is 0. The second kappa shape index (κ2) is 8.45. The van der Waals surface area contributed by atoms with E-state index in [1.54, 1.807) is 6.20 Å². The Morgan fingerprint density at radius 3 is 2.60 bits per heavy atom. The van der Waals surface area contributed by atoms with Crippen molar-refractivity contribution in [1.29, 1.82) is 0 Å². The number of nitrogens with zero attached hydrogens (tertiary/aromatic N) is 2. The molecule has 1 aromatic rings. The molecule has 1 unspecified atom stereocenters. The molecule has 5 heteroatoms. The minimum Gasteiger partial charge on any atom is -0.380 e. The Hall–Kier alpha value is -0.840. The van der Waals surface area contributed by atoms with Crippen LogP contribution in [-0.4, -0.2) is 15.8 Å². The summed E-state index contributed by atoms with van der Waals surface area (Å²) in [5, 5.41) is 7.58. The number of anilines is 1. The van der Waals surface area contributed by atoms with Gasteiger partial charge in [-0.2, -0.15) is 5.10 Å². The van der Waals surface area contributed by atoms with Crippen molar-refractivity contribution in [2.24, 2.45) is 0 Å². The van der Waals surface area contributed by atoms with Gasteiger partial charge in [0.05, 0.1) is 17.9 Å². The first-order valence-corrected chi connectivity index (χ1v) is 8.30. The average Bonchev–Trinajstić information content (AvgIpc) is 2.40. The van der Waals surface area contributed by atoms with E-state index in [1.807, 2.05) is 13.8 Å². The zero-order chi connectivity index (χ0) is 15.1. The first kappa shape index (κ1) is 17.2. The fourth-order valence-electron chi connectivity index (χ4n) is 2.13. The number of halogens is 1. The van der Waals surface area contributed by atoms with Crippen molar-refractivity contribution in [2.45, 2.75) is 71.9 Å². The fraction of sp³-hybridized carbons (Fsp3) is 0.733. The van der Waals surface area contributed by atoms with Crippen molar-refractivity contribution in [3.63, 3.8) is 0 Å². The van der Waals surface area contributed by atoms with Gasteiger partial charge in [0.25, 0.3) is 5.56 Å². The second-order valence-electron chi connectivity index (χ2n) is 5.61. The van der Waals surface area contributed by atoms with Crippen molar-refractivity contribution in [1.82, 2.24) is 9.78 Å². The van der Waals surface area contributed by atoms with Crippen LogP contribution < -0.4 is 10.9 Å². The summed E-state index contributed by atoms with van der Waals surface area (Å²) in [6.45, 7) is 8.26. The van der Waals surface area contributed by atoms with Gasteiger partial charge < -0.3 is 5.32 Å². The van der Waals surface area contributed by atoms with Gasteiger partial charge in [0.1, 0.15) is 4.47 Å². The molecule has 0 aliphatic heterocycles. The summed E-state index contributed by atoms with van der Waals surface area (Å²) in [5.41, 5.74) is 0.707. The summed E-state index contributed by atoms with van der Waals surface area (Å²) in [5.74, 6) is 0. The van der Waals surface area contributed by atoms with E-state index in [4.69, 9.17) is 0 Å². The normalized spacial score (nSPS) is 12.7. The van der Waals surface area contributed by atoms with Gasteiger partial charge in [0.2, 0.25) is 0 Å². The third kappa shape index (κ3) is 4.93. The van der Waals surface area contributed by atoms with E-state index >= 15 is 0 Å². The molecule has 1 N–H and O–H groups in total. The monoisotopic (exact) mass is 343 g/mol. The molecular formula is C15H26BrN3O. The SMILES string of the molecule is CCCCCCC(C)Nc1cnn(C(C)C)c(=O)c1Br. The molecule has 0 amide bonds. The predicted molar refractivity (Wildman–Crippen MR) is 88.4 cm³/mol. The van der Waals surface area contributed by atoms with Crippen molar-refractivity contribution in [3.05, 3.63) is 21.0 Å². The highest BCUT2D eigenvalue weighted by molar-refractivity contribution is 9.10. The minimum absolute atomic E-state index is 0.0688. The maximum absolute atomic E-state index is 12.1. The Balaban J connectivity index is 2.64. The molecule has 0 spiro atoms. The summed E-state index contributed by atoms with van der Waals surface area (Å²) in [6.07, 6.45) is 7.88. The maximum atomic E-state index is 12.1. The van der Waals surface area contributed by atoms with Crippen LogP contribution in [0.5, 0.6) is 0 Å². The Bertz CT molecular complexity index is 471. The van der Waals surface area contributed by atoms with Crippen LogP contribution in [0.3, 0.4) is 0 Å². The third-order valence-electron chi connectivity index (χ3n) is 3.33. The molecular weight excluding hydrogens is 318 g/mol. The smallest absolute Gasteiger partial charge is 0.283 e. The third-order valence-corrected chi connectivity index (χ3v) is 4.09. The van der Waals surface area contributed by atoms with Gasteiger partial charge in [0, 0.05) is 6.04 Å². The van der Waals surface area contributed by atoms with Gasteiger partial charge in [-0.15, -0.1) is 0 Å². The topological polar surface area (TPSA) is 46.9 Å². The van der Waals surface area contributed by atoms with Crippen LogP contribution in [-0.2, 0) is 0 Å². The standard InChI is InChI=1S/C15H26BrN3O/c1-5-6-7-8-9-12(4)18-13-10-17-19(11(2)3)15(20)14(13)16/h10-12,18H,5-9H2,1-4H3. The summed E-state index contributed by atoms with van der Waals surface area (Å²) in [4.78, 5) is 12.1. The molecule has 0 aliphatic carbocycles. The molecule has 0 saturated heterocycles. The van der Waals surface area contributed by atoms with Gasteiger partial charge in [-0.05, 0) is 43.1 Å². The Labute approximate surface area is 130 Å². The molecule has 1 heterocycles. The molecule has 1 rings (SSSR count). The van der Waals surface area contributed by atoms with Gasteiger partial charge in [-0.3, -0.25) is 4.79 Å². The zero-order valence-corrected chi connectivity index (χ0v) is 14.5. The number of unbranched alkanes of at least 4 members (excludes halogenated alkanes) is 3. The van der Waals surface area contributed by atoms with Crippen LogP contribution in [0, 0.1) is 0 Å². The lowest BCUT2D eigenvalue weighted by Gasteiger charge is -2.17. The van der Waals surface area contributed by atoms with E-state index in [0.717, 1.165) is 12.1 Å². The van der Waals surface area contributed by atoms with Gasteiger partial charge in [-0.1, -0.05) is 32.6 Å². The first-order valence-electron chi connectivity index (χ1n) is 7.51. The maximum Gasteiger partial charge on any atom is 0.283 e. The molecule has 114 valence electrons. The number of aromatic nitrogens is 2. The zero-order valence-electron chi connectivity index (χ0n) is 12.9. The lowest BCUT2D eigenvalue weighted by molar-refractivity contribution is 0.500. The molecule has 0 aromatic carbocycles. The predicted octanol–water partition coefficient (Wildman–Crippen LogP) is 4.36. The molecule has 0 radical (unpaired) electrons. The van der Waals surface area contributed by atoms with Gasteiger partial charge >= 0.3 is 0 Å². The largest absolute Gasteiger partial charge is 0.380 e. The minimum atomic E-state index is -0.0804. The van der Waals surface area contributed by atoms with Crippen LogP contribution in [0.4, 0.5) is 5.69 Å².